The first-order valence-corrected chi connectivity index (χ1v) is 9.00. The van der Waals surface area contributed by atoms with Crippen molar-refractivity contribution in [3.8, 4) is 0 Å². The van der Waals surface area contributed by atoms with Gasteiger partial charge in [0.15, 0.2) is 11.5 Å². The third-order valence-corrected chi connectivity index (χ3v) is 4.63. The van der Waals surface area contributed by atoms with Crippen LogP contribution in [0.4, 0.5) is 5.82 Å². The van der Waals surface area contributed by atoms with Crippen LogP contribution < -0.4 is 10.2 Å². The van der Waals surface area contributed by atoms with Crippen molar-refractivity contribution in [1.82, 2.24) is 20.4 Å². The Bertz CT molecular complexity index is 508. The Balaban J connectivity index is 1.46. The first kappa shape index (κ1) is 17.1. The van der Waals surface area contributed by atoms with Crippen LogP contribution in [0.25, 0.3) is 0 Å². The van der Waals surface area contributed by atoms with E-state index in [-0.39, 0.29) is 5.91 Å². The van der Waals surface area contributed by atoms with Gasteiger partial charge in [-0.1, -0.05) is 12.8 Å². The molecule has 24 heavy (non-hydrogen) atoms. The first-order valence-electron chi connectivity index (χ1n) is 9.00. The molecule has 1 N–H and O–H groups in total. The lowest BCUT2D eigenvalue weighted by Gasteiger charge is -2.26. The molecule has 1 amide bonds. The molecule has 0 atom stereocenters. The lowest BCUT2D eigenvalue weighted by molar-refractivity contribution is 0.0383. The summed E-state index contributed by atoms with van der Waals surface area (Å²) >= 11 is 0. The maximum atomic E-state index is 12.2. The summed E-state index contributed by atoms with van der Waals surface area (Å²) in [4.78, 5) is 16.7. The predicted molar refractivity (Wildman–Crippen MR) is 92.3 cm³/mol. The van der Waals surface area contributed by atoms with Crippen LogP contribution >= 0.6 is 0 Å². The molecule has 0 aliphatic carbocycles. The summed E-state index contributed by atoms with van der Waals surface area (Å²) in [6.45, 7) is 6.93. The molecular formula is C17H27N5O2. The van der Waals surface area contributed by atoms with Crippen LogP contribution in [0.15, 0.2) is 12.1 Å². The van der Waals surface area contributed by atoms with E-state index in [9.17, 15) is 4.79 Å². The molecule has 2 aliphatic heterocycles. The fraction of sp³-hybridized carbons (Fsp3) is 0.706. The number of hydrogen-bond acceptors (Lipinski definition) is 6. The number of amides is 1. The van der Waals surface area contributed by atoms with E-state index in [0.717, 1.165) is 51.8 Å². The molecule has 1 aromatic rings. The third-order valence-electron chi connectivity index (χ3n) is 4.63. The number of anilines is 1. The van der Waals surface area contributed by atoms with E-state index < -0.39 is 0 Å². The van der Waals surface area contributed by atoms with Gasteiger partial charge in [-0.2, -0.15) is 0 Å². The van der Waals surface area contributed by atoms with E-state index in [4.69, 9.17) is 4.74 Å². The van der Waals surface area contributed by atoms with Crippen molar-refractivity contribution in [2.45, 2.75) is 25.7 Å². The molecule has 0 spiro atoms. The van der Waals surface area contributed by atoms with Crippen molar-refractivity contribution < 1.29 is 9.53 Å². The highest BCUT2D eigenvalue weighted by Crippen LogP contribution is 2.16. The Morgan fingerprint density at radius 1 is 1.04 bits per heavy atom. The van der Waals surface area contributed by atoms with Crippen molar-refractivity contribution in [2.75, 3.05) is 57.4 Å². The number of carbonyl (C=O) groups excluding carboxylic acids is 1. The molecule has 7 nitrogen and oxygen atoms in total. The zero-order valence-electron chi connectivity index (χ0n) is 14.2. The number of nitrogens with one attached hydrogen (secondary N) is 1. The highest BCUT2D eigenvalue weighted by Gasteiger charge is 2.14. The predicted octanol–water partition coefficient (Wildman–Crippen LogP) is 0.919. The second kappa shape index (κ2) is 8.94. The van der Waals surface area contributed by atoms with Crippen molar-refractivity contribution in [1.29, 1.82) is 0 Å². The lowest BCUT2D eigenvalue weighted by atomic mass is 10.2. The lowest BCUT2D eigenvalue weighted by Crippen LogP contribution is -2.41. The van der Waals surface area contributed by atoms with E-state index in [0.29, 0.717) is 12.2 Å². The summed E-state index contributed by atoms with van der Waals surface area (Å²) in [6, 6.07) is 3.69. The highest BCUT2D eigenvalue weighted by molar-refractivity contribution is 5.92. The van der Waals surface area contributed by atoms with Gasteiger partial charge in [0.25, 0.3) is 5.91 Å². The van der Waals surface area contributed by atoms with Gasteiger partial charge in [-0.25, -0.2) is 0 Å². The molecule has 132 valence electrons. The van der Waals surface area contributed by atoms with Gasteiger partial charge < -0.3 is 15.0 Å². The van der Waals surface area contributed by atoms with E-state index >= 15 is 0 Å². The van der Waals surface area contributed by atoms with Crippen LogP contribution in [-0.4, -0.2) is 73.5 Å². The van der Waals surface area contributed by atoms with Crippen molar-refractivity contribution in [3.63, 3.8) is 0 Å². The number of rotatable bonds is 5. The van der Waals surface area contributed by atoms with Crippen LogP contribution in [0.1, 0.15) is 36.2 Å². The van der Waals surface area contributed by atoms with Crippen LogP contribution in [0.3, 0.4) is 0 Å². The van der Waals surface area contributed by atoms with E-state index in [1.807, 2.05) is 6.07 Å². The van der Waals surface area contributed by atoms with Crippen LogP contribution in [0.5, 0.6) is 0 Å². The standard InChI is InChI=1S/C17H27N5O2/c23-17(18-7-10-21-11-13-24-14-12-21)15-5-6-16(20-19-15)22-8-3-1-2-4-9-22/h5-6H,1-4,7-14H2,(H,18,23). The van der Waals surface area contributed by atoms with E-state index in [1.54, 1.807) is 6.07 Å². The summed E-state index contributed by atoms with van der Waals surface area (Å²) < 4.78 is 5.31. The maximum Gasteiger partial charge on any atom is 0.271 e. The average molecular weight is 333 g/mol. The molecule has 0 saturated carbocycles. The van der Waals surface area contributed by atoms with Crippen LogP contribution in [0.2, 0.25) is 0 Å². The van der Waals surface area contributed by atoms with Gasteiger partial charge in [0.05, 0.1) is 13.2 Å². The minimum Gasteiger partial charge on any atom is -0.379 e. The molecule has 2 aliphatic rings. The van der Waals surface area contributed by atoms with Gasteiger partial charge in [-0.3, -0.25) is 9.69 Å². The van der Waals surface area contributed by atoms with Crippen LogP contribution in [-0.2, 0) is 4.74 Å². The smallest absolute Gasteiger partial charge is 0.271 e. The van der Waals surface area contributed by atoms with Crippen molar-refractivity contribution >= 4 is 11.7 Å². The molecule has 0 aromatic carbocycles. The van der Waals surface area contributed by atoms with Gasteiger partial charge in [-0.05, 0) is 25.0 Å². The van der Waals surface area contributed by atoms with Gasteiger partial charge >= 0.3 is 0 Å². The molecule has 3 heterocycles. The topological polar surface area (TPSA) is 70.6 Å². The molecule has 2 saturated heterocycles. The molecule has 2 fully saturated rings. The fourth-order valence-corrected chi connectivity index (χ4v) is 3.16. The number of carbonyl (C=O) groups is 1. The summed E-state index contributed by atoms with van der Waals surface area (Å²) in [5.74, 6) is 0.722. The number of nitrogens with zero attached hydrogens (tertiary/aromatic N) is 4. The largest absolute Gasteiger partial charge is 0.379 e. The maximum absolute atomic E-state index is 12.2. The molecule has 3 rings (SSSR count). The van der Waals surface area contributed by atoms with Gasteiger partial charge in [0.2, 0.25) is 0 Å². The minimum absolute atomic E-state index is 0.154. The van der Waals surface area contributed by atoms with Crippen molar-refractivity contribution in [2.24, 2.45) is 0 Å². The summed E-state index contributed by atoms with van der Waals surface area (Å²) in [5.41, 5.74) is 0.385. The van der Waals surface area contributed by atoms with Gasteiger partial charge in [0.1, 0.15) is 0 Å². The van der Waals surface area contributed by atoms with Gasteiger partial charge in [0, 0.05) is 39.3 Å². The Hall–Kier alpha value is -1.73. The number of hydrogen-bond donors (Lipinski definition) is 1. The highest BCUT2D eigenvalue weighted by atomic mass is 16.5. The minimum atomic E-state index is -0.154. The quantitative estimate of drug-likeness (QED) is 0.864. The Morgan fingerprint density at radius 3 is 2.46 bits per heavy atom. The van der Waals surface area contributed by atoms with Gasteiger partial charge in [-0.15, -0.1) is 10.2 Å². The first-order chi connectivity index (χ1) is 11.8. The number of ether oxygens (including phenoxy) is 1. The molecular weight excluding hydrogens is 306 g/mol. The molecule has 0 radical (unpaired) electrons. The summed E-state index contributed by atoms with van der Waals surface area (Å²) in [5, 5.41) is 11.3. The molecule has 7 heteroatoms. The molecule has 0 unspecified atom stereocenters. The molecule has 0 bridgehead atoms. The Labute approximate surface area is 143 Å². The zero-order valence-corrected chi connectivity index (χ0v) is 14.2. The van der Waals surface area contributed by atoms with E-state index in [1.165, 1.54) is 25.7 Å². The van der Waals surface area contributed by atoms with E-state index in [2.05, 4.69) is 25.3 Å². The summed E-state index contributed by atoms with van der Waals surface area (Å²) in [6.07, 6.45) is 4.97. The number of morpholine rings is 1. The Morgan fingerprint density at radius 2 is 1.79 bits per heavy atom. The fourth-order valence-electron chi connectivity index (χ4n) is 3.16. The SMILES string of the molecule is O=C(NCCN1CCOCC1)c1ccc(N2CCCCCC2)nn1. The number of aromatic nitrogens is 2. The Kier molecular flexibility index (Phi) is 6.37. The molecule has 1 aromatic heterocycles. The monoisotopic (exact) mass is 333 g/mol. The normalized spacial score (nSPS) is 19.8. The van der Waals surface area contributed by atoms with Crippen LogP contribution in [0, 0.1) is 0 Å². The second-order valence-corrected chi connectivity index (χ2v) is 6.39. The third kappa shape index (κ3) is 4.88. The zero-order chi connectivity index (χ0) is 16.6. The average Bonchev–Trinajstić information content (AvgIpc) is 2.92. The summed E-state index contributed by atoms with van der Waals surface area (Å²) in [7, 11) is 0. The van der Waals surface area contributed by atoms with Crippen molar-refractivity contribution in [3.05, 3.63) is 17.8 Å². The second-order valence-electron chi connectivity index (χ2n) is 6.39.